The molecular formula is C27H36N2O4S. The molecule has 1 saturated heterocycles. The zero-order valence-electron chi connectivity index (χ0n) is 20.2. The molecule has 7 heteroatoms. The van der Waals surface area contributed by atoms with Gasteiger partial charge in [0.1, 0.15) is 5.75 Å². The Hall–Kier alpha value is -1.96. The van der Waals surface area contributed by atoms with E-state index in [1.54, 1.807) is 23.9 Å². The number of thioether (sulfide) groups is 1. The van der Waals surface area contributed by atoms with Gasteiger partial charge in [0, 0.05) is 36.6 Å². The van der Waals surface area contributed by atoms with Gasteiger partial charge in [0.25, 0.3) is 0 Å². The average molecular weight is 485 g/mol. The van der Waals surface area contributed by atoms with E-state index in [2.05, 4.69) is 16.9 Å². The Bertz CT molecular complexity index is 898. The van der Waals surface area contributed by atoms with Gasteiger partial charge in [-0.15, -0.1) is 0 Å². The van der Waals surface area contributed by atoms with Crippen LogP contribution in [0.5, 0.6) is 5.75 Å². The number of carbonyl (C=O) groups is 1. The summed E-state index contributed by atoms with van der Waals surface area (Å²) in [7, 11) is 0. The molecule has 1 aliphatic heterocycles. The Morgan fingerprint density at radius 3 is 2.44 bits per heavy atom. The predicted octanol–water partition coefficient (Wildman–Crippen LogP) is 6.58. The van der Waals surface area contributed by atoms with Crippen LogP contribution < -0.4 is 4.74 Å². The van der Waals surface area contributed by atoms with Crippen molar-refractivity contribution in [3.63, 3.8) is 0 Å². The number of nitrogens with zero attached hydrogens (tertiary/aromatic N) is 2. The summed E-state index contributed by atoms with van der Waals surface area (Å²) in [5.74, 6) is 0.576. The van der Waals surface area contributed by atoms with Crippen molar-refractivity contribution in [2.45, 2.75) is 94.6 Å². The second kappa shape index (κ2) is 12.7. The molecule has 1 aromatic heterocycles. The Kier molecular flexibility index (Phi) is 9.36. The van der Waals surface area contributed by atoms with Crippen molar-refractivity contribution in [2.24, 2.45) is 0 Å². The van der Waals surface area contributed by atoms with Crippen LogP contribution in [-0.4, -0.2) is 40.2 Å². The first-order valence-electron chi connectivity index (χ1n) is 12.8. The van der Waals surface area contributed by atoms with Crippen LogP contribution in [0.15, 0.2) is 41.8 Å². The van der Waals surface area contributed by atoms with Gasteiger partial charge in [0.15, 0.2) is 17.0 Å². The highest BCUT2D eigenvalue weighted by Crippen LogP contribution is 2.38. The number of aromatic nitrogens is 2. The standard InChI is InChI=1S/C27H36N2O4S/c1-2-3-4-5-6-10-17-34-26-28-18-22(19-29-26)21-11-13-23(14-12-21)32-25(30)24-20-31-27(33-24)15-8-7-9-16-27/h11-14,18-19,24H,2-10,15-17,20H2,1H3. The fraction of sp³-hybridized carbons (Fsp3) is 0.593. The summed E-state index contributed by atoms with van der Waals surface area (Å²) in [4.78, 5) is 21.6. The number of rotatable bonds is 11. The van der Waals surface area contributed by atoms with E-state index in [0.717, 1.165) is 47.7 Å². The van der Waals surface area contributed by atoms with Crippen LogP contribution in [0.3, 0.4) is 0 Å². The summed E-state index contributed by atoms with van der Waals surface area (Å²) in [6, 6.07) is 7.42. The van der Waals surface area contributed by atoms with E-state index in [9.17, 15) is 4.79 Å². The fourth-order valence-electron chi connectivity index (χ4n) is 4.51. The molecular weight excluding hydrogens is 448 g/mol. The van der Waals surface area contributed by atoms with Crippen LogP contribution in [0.1, 0.15) is 77.6 Å². The Balaban J connectivity index is 1.22. The van der Waals surface area contributed by atoms with Crippen LogP contribution in [-0.2, 0) is 14.3 Å². The lowest BCUT2D eigenvalue weighted by atomic mass is 9.94. The number of hydrogen-bond donors (Lipinski definition) is 0. The smallest absolute Gasteiger partial charge is 0.343 e. The van der Waals surface area contributed by atoms with Crippen LogP contribution in [0.4, 0.5) is 0 Å². The molecule has 2 aromatic rings. The van der Waals surface area contributed by atoms with Crippen molar-refractivity contribution in [1.29, 1.82) is 0 Å². The van der Waals surface area contributed by atoms with Gasteiger partial charge in [0.05, 0.1) is 6.61 Å². The zero-order valence-corrected chi connectivity index (χ0v) is 21.0. The zero-order chi connectivity index (χ0) is 23.6. The third kappa shape index (κ3) is 7.03. The molecule has 0 amide bonds. The van der Waals surface area contributed by atoms with Crippen LogP contribution in [0.2, 0.25) is 0 Å². The summed E-state index contributed by atoms with van der Waals surface area (Å²) in [5.41, 5.74) is 1.92. The van der Waals surface area contributed by atoms with Crippen molar-refractivity contribution in [1.82, 2.24) is 9.97 Å². The first-order chi connectivity index (χ1) is 16.7. The molecule has 184 valence electrons. The lowest BCUT2D eigenvalue weighted by Gasteiger charge is -2.31. The molecule has 2 fully saturated rings. The predicted molar refractivity (Wildman–Crippen MR) is 134 cm³/mol. The van der Waals surface area contributed by atoms with Crippen molar-refractivity contribution >= 4 is 17.7 Å². The van der Waals surface area contributed by atoms with Gasteiger partial charge in [-0.1, -0.05) is 69.3 Å². The SMILES string of the molecule is CCCCCCCCSc1ncc(-c2ccc(OC(=O)C3COC4(CCCCC4)O3)cc2)cn1. The molecule has 1 atom stereocenters. The number of hydrogen-bond acceptors (Lipinski definition) is 7. The fourth-order valence-corrected chi connectivity index (χ4v) is 5.29. The summed E-state index contributed by atoms with van der Waals surface area (Å²) >= 11 is 1.72. The lowest BCUT2D eigenvalue weighted by molar-refractivity contribution is -0.193. The summed E-state index contributed by atoms with van der Waals surface area (Å²) in [6.45, 7) is 2.50. The van der Waals surface area contributed by atoms with E-state index < -0.39 is 17.9 Å². The van der Waals surface area contributed by atoms with Gasteiger partial charge in [-0.25, -0.2) is 14.8 Å². The minimum absolute atomic E-state index is 0.261. The molecule has 1 aliphatic carbocycles. The molecule has 2 aliphatic rings. The molecule has 0 N–H and O–H groups in total. The number of ether oxygens (including phenoxy) is 3. The maximum Gasteiger partial charge on any atom is 0.343 e. The maximum absolute atomic E-state index is 12.6. The molecule has 4 rings (SSSR count). The monoisotopic (exact) mass is 484 g/mol. The number of unbranched alkanes of at least 4 members (excludes halogenated alkanes) is 5. The second-order valence-electron chi connectivity index (χ2n) is 9.20. The van der Waals surface area contributed by atoms with E-state index in [1.807, 2.05) is 24.5 Å². The topological polar surface area (TPSA) is 70.5 Å². The Morgan fingerprint density at radius 1 is 1.00 bits per heavy atom. The quantitative estimate of drug-likeness (QED) is 0.117. The third-order valence-electron chi connectivity index (χ3n) is 6.50. The first-order valence-corrected chi connectivity index (χ1v) is 13.7. The molecule has 0 bridgehead atoms. The minimum atomic E-state index is -0.660. The Morgan fingerprint density at radius 2 is 1.71 bits per heavy atom. The molecule has 1 aromatic carbocycles. The van der Waals surface area contributed by atoms with E-state index in [-0.39, 0.29) is 6.61 Å². The molecule has 1 unspecified atom stereocenters. The number of carbonyl (C=O) groups excluding carboxylic acids is 1. The highest BCUT2D eigenvalue weighted by atomic mass is 32.2. The molecule has 2 heterocycles. The van der Waals surface area contributed by atoms with Crippen LogP contribution >= 0.6 is 11.8 Å². The van der Waals surface area contributed by atoms with Gasteiger partial charge >= 0.3 is 5.97 Å². The van der Waals surface area contributed by atoms with E-state index in [4.69, 9.17) is 14.2 Å². The van der Waals surface area contributed by atoms with Crippen LogP contribution in [0, 0.1) is 0 Å². The van der Waals surface area contributed by atoms with E-state index in [1.165, 1.54) is 44.9 Å². The molecule has 0 radical (unpaired) electrons. The summed E-state index contributed by atoms with van der Waals surface area (Å²) < 4.78 is 17.4. The van der Waals surface area contributed by atoms with E-state index in [0.29, 0.717) is 5.75 Å². The molecule has 6 nitrogen and oxygen atoms in total. The maximum atomic E-state index is 12.6. The lowest BCUT2D eigenvalue weighted by Crippen LogP contribution is -2.35. The van der Waals surface area contributed by atoms with Gasteiger partial charge in [-0.2, -0.15) is 0 Å². The van der Waals surface area contributed by atoms with Crippen molar-refractivity contribution in [3.05, 3.63) is 36.7 Å². The third-order valence-corrected chi connectivity index (χ3v) is 7.46. The van der Waals surface area contributed by atoms with Crippen LogP contribution in [0.25, 0.3) is 11.1 Å². The van der Waals surface area contributed by atoms with Gasteiger partial charge < -0.3 is 14.2 Å². The van der Waals surface area contributed by atoms with Gasteiger partial charge in [-0.3, -0.25) is 0 Å². The molecule has 1 spiro atoms. The second-order valence-corrected chi connectivity index (χ2v) is 10.3. The Labute approximate surface area is 207 Å². The minimum Gasteiger partial charge on any atom is -0.425 e. The normalized spacial score (nSPS) is 19.4. The average Bonchev–Trinajstić information content (AvgIpc) is 3.28. The van der Waals surface area contributed by atoms with E-state index >= 15 is 0 Å². The highest BCUT2D eigenvalue weighted by molar-refractivity contribution is 7.99. The summed E-state index contributed by atoms with van der Waals surface area (Å²) in [6.07, 6.45) is 15.9. The van der Waals surface area contributed by atoms with Gasteiger partial charge in [0.2, 0.25) is 0 Å². The van der Waals surface area contributed by atoms with Crippen molar-refractivity contribution in [3.8, 4) is 16.9 Å². The van der Waals surface area contributed by atoms with Crippen molar-refractivity contribution in [2.75, 3.05) is 12.4 Å². The number of benzene rings is 1. The van der Waals surface area contributed by atoms with Crippen molar-refractivity contribution < 1.29 is 19.0 Å². The number of esters is 1. The largest absolute Gasteiger partial charge is 0.425 e. The van der Waals surface area contributed by atoms with Gasteiger partial charge in [-0.05, 0) is 37.0 Å². The first kappa shape index (κ1) is 25.1. The molecule has 34 heavy (non-hydrogen) atoms. The highest BCUT2D eigenvalue weighted by Gasteiger charge is 2.45. The summed E-state index contributed by atoms with van der Waals surface area (Å²) in [5, 5.41) is 0.817. The molecule has 1 saturated carbocycles.